The van der Waals surface area contributed by atoms with Crippen molar-refractivity contribution in [2.75, 3.05) is 39.9 Å². The number of ether oxygens (including phenoxy) is 1. The molecule has 24 heavy (non-hydrogen) atoms. The fourth-order valence-corrected chi connectivity index (χ4v) is 3.71. The van der Waals surface area contributed by atoms with E-state index in [1.807, 2.05) is 14.0 Å². The molecule has 2 heterocycles. The van der Waals surface area contributed by atoms with Gasteiger partial charge in [-0.2, -0.15) is 0 Å². The summed E-state index contributed by atoms with van der Waals surface area (Å²) in [5, 5.41) is 2.09. The van der Waals surface area contributed by atoms with E-state index < -0.39 is 6.04 Å². The Hall–Kier alpha value is -0.660. The standard InChI is InChI=1S/C17H29N3O2S.ClH/c1-4-13(2)16(18)17(21)19(3)12-14(15-6-5-11-23-15)20-7-9-22-10-8-20;/h5-6,11,13-14,16H,4,7-10,12,18H2,1-3H3;1H. The zero-order chi connectivity index (χ0) is 16.8. The van der Waals surface area contributed by atoms with Crippen LogP contribution in [0.3, 0.4) is 0 Å². The van der Waals surface area contributed by atoms with Crippen LogP contribution in [0.2, 0.25) is 0 Å². The minimum Gasteiger partial charge on any atom is -0.379 e. The molecule has 1 aliphatic rings. The molecule has 0 radical (unpaired) electrons. The van der Waals surface area contributed by atoms with Crippen molar-refractivity contribution in [2.45, 2.75) is 32.4 Å². The number of rotatable bonds is 7. The number of nitrogens with two attached hydrogens (primary N) is 1. The number of carbonyl (C=O) groups is 1. The molecule has 2 rings (SSSR count). The van der Waals surface area contributed by atoms with Gasteiger partial charge in [-0.3, -0.25) is 9.69 Å². The molecule has 0 saturated carbocycles. The predicted octanol–water partition coefficient (Wildman–Crippen LogP) is 2.38. The normalized spacial score (nSPS) is 19.2. The number of hydrogen-bond donors (Lipinski definition) is 1. The third-order valence-electron chi connectivity index (χ3n) is 4.72. The number of hydrogen-bond acceptors (Lipinski definition) is 5. The highest BCUT2D eigenvalue weighted by Gasteiger charge is 2.29. The summed E-state index contributed by atoms with van der Waals surface area (Å²) in [5.74, 6) is 0.239. The van der Waals surface area contributed by atoms with E-state index in [9.17, 15) is 4.79 Å². The van der Waals surface area contributed by atoms with E-state index in [0.29, 0.717) is 6.54 Å². The molecule has 2 N–H and O–H groups in total. The van der Waals surface area contributed by atoms with Gasteiger partial charge in [-0.05, 0) is 17.4 Å². The Balaban J connectivity index is 0.00000288. The lowest BCUT2D eigenvalue weighted by Gasteiger charge is -2.37. The monoisotopic (exact) mass is 375 g/mol. The summed E-state index contributed by atoms with van der Waals surface area (Å²) < 4.78 is 5.47. The number of thiophene rings is 1. The van der Waals surface area contributed by atoms with Crippen LogP contribution in [0.1, 0.15) is 31.2 Å². The van der Waals surface area contributed by atoms with Crippen molar-refractivity contribution < 1.29 is 9.53 Å². The molecule has 1 aliphatic heterocycles. The van der Waals surface area contributed by atoms with Gasteiger partial charge in [0.2, 0.25) is 5.91 Å². The van der Waals surface area contributed by atoms with E-state index >= 15 is 0 Å². The van der Waals surface area contributed by atoms with Crippen LogP contribution in [0, 0.1) is 5.92 Å². The second-order valence-electron chi connectivity index (χ2n) is 6.31. The number of nitrogens with zero attached hydrogens (tertiary/aromatic N) is 2. The number of likely N-dealkylation sites (N-methyl/N-ethyl adjacent to an activating group) is 1. The summed E-state index contributed by atoms with van der Waals surface area (Å²) >= 11 is 1.75. The first-order valence-electron chi connectivity index (χ1n) is 8.40. The number of morpholine rings is 1. The summed E-state index contributed by atoms with van der Waals surface area (Å²) in [7, 11) is 1.87. The SMILES string of the molecule is CCC(C)C(N)C(=O)N(C)CC(c1cccs1)N1CCOCC1.Cl. The molecule has 7 heteroatoms. The summed E-state index contributed by atoms with van der Waals surface area (Å²) in [4.78, 5) is 18.1. The van der Waals surface area contributed by atoms with Crippen LogP contribution < -0.4 is 5.73 Å². The van der Waals surface area contributed by atoms with Crippen molar-refractivity contribution in [3.05, 3.63) is 22.4 Å². The maximum atomic E-state index is 12.6. The molecule has 3 atom stereocenters. The Morgan fingerprint density at radius 1 is 1.46 bits per heavy atom. The summed E-state index contributed by atoms with van der Waals surface area (Å²) in [5.41, 5.74) is 6.12. The quantitative estimate of drug-likeness (QED) is 0.794. The molecule has 1 amide bonds. The Kier molecular flexibility index (Phi) is 9.23. The predicted molar refractivity (Wildman–Crippen MR) is 102 cm³/mol. The molecule has 0 spiro atoms. The van der Waals surface area contributed by atoms with Crippen molar-refractivity contribution in [3.8, 4) is 0 Å². The molecule has 1 aromatic heterocycles. The Labute approximate surface area is 155 Å². The summed E-state index contributed by atoms with van der Waals surface area (Å²) in [6.45, 7) is 8.10. The molecular weight excluding hydrogens is 346 g/mol. The van der Waals surface area contributed by atoms with Crippen LogP contribution in [-0.4, -0.2) is 61.6 Å². The zero-order valence-corrected chi connectivity index (χ0v) is 16.4. The third-order valence-corrected chi connectivity index (χ3v) is 5.70. The van der Waals surface area contributed by atoms with Crippen LogP contribution >= 0.6 is 23.7 Å². The molecule has 5 nitrogen and oxygen atoms in total. The van der Waals surface area contributed by atoms with Gasteiger partial charge in [0.25, 0.3) is 0 Å². The highest BCUT2D eigenvalue weighted by molar-refractivity contribution is 7.10. The van der Waals surface area contributed by atoms with Gasteiger partial charge in [0.05, 0.1) is 25.3 Å². The second-order valence-corrected chi connectivity index (χ2v) is 7.29. The molecule has 138 valence electrons. The zero-order valence-electron chi connectivity index (χ0n) is 14.8. The van der Waals surface area contributed by atoms with Crippen molar-refractivity contribution in [3.63, 3.8) is 0 Å². The van der Waals surface area contributed by atoms with Crippen molar-refractivity contribution in [1.29, 1.82) is 0 Å². The van der Waals surface area contributed by atoms with E-state index in [4.69, 9.17) is 10.5 Å². The maximum Gasteiger partial charge on any atom is 0.239 e. The molecule has 1 fully saturated rings. The Morgan fingerprint density at radius 3 is 2.67 bits per heavy atom. The van der Waals surface area contributed by atoms with Crippen LogP contribution in [0.25, 0.3) is 0 Å². The largest absolute Gasteiger partial charge is 0.379 e. The number of amides is 1. The number of carbonyl (C=O) groups excluding carboxylic acids is 1. The van der Waals surface area contributed by atoms with E-state index in [1.54, 1.807) is 16.2 Å². The molecular formula is C17H30ClN3O2S. The van der Waals surface area contributed by atoms with Crippen molar-refractivity contribution in [1.82, 2.24) is 9.80 Å². The third kappa shape index (κ3) is 5.43. The first-order valence-corrected chi connectivity index (χ1v) is 9.28. The molecule has 0 bridgehead atoms. The topological polar surface area (TPSA) is 58.8 Å². The second kappa shape index (κ2) is 10.4. The summed E-state index contributed by atoms with van der Waals surface area (Å²) in [6, 6.07) is 4.02. The smallest absolute Gasteiger partial charge is 0.239 e. The van der Waals surface area contributed by atoms with Gasteiger partial charge in [0.1, 0.15) is 0 Å². The minimum absolute atomic E-state index is 0. The van der Waals surface area contributed by atoms with Crippen molar-refractivity contribution in [2.24, 2.45) is 11.7 Å². The highest BCUT2D eigenvalue weighted by Crippen LogP contribution is 2.27. The Morgan fingerprint density at radius 2 is 2.12 bits per heavy atom. The lowest BCUT2D eigenvalue weighted by molar-refractivity contribution is -0.133. The molecule has 0 aromatic carbocycles. The Bertz CT molecular complexity index is 480. The summed E-state index contributed by atoms with van der Waals surface area (Å²) in [6.07, 6.45) is 0.915. The van der Waals surface area contributed by atoms with E-state index in [0.717, 1.165) is 32.7 Å². The molecule has 0 aliphatic carbocycles. The average Bonchev–Trinajstić information content (AvgIpc) is 3.12. The fraction of sp³-hybridized carbons (Fsp3) is 0.706. The molecule has 3 unspecified atom stereocenters. The van der Waals surface area contributed by atoms with Crippen molar-refractivity contribution >= 4 is 29.7 Å². The molecule has 1 saturated heterocycles. The minimum atomic E-state index is -0.418. The van der Waals surface area contributed by atoms with Gasteiger partial charge in [-0.1, -0.05) is 26.3 Å². The first-order chi connectivity index (χ1) is 11.0. The lowest BCUT2D eigenvalue weighted by atomic mass is 9.99. The van der Waals surface area contributed by atoms with Gasteiger partial charge in [-0.25, -0.2) is 0 Å². The van der Waals surface area contributed by atoms with Gasteiger partial charge in [0.15, 0.2) is 0 Å². The van der Waals surface area contributed by atoms with Crippen LogP contribution in [0.5, 0.6) is 0 Å². The number of halogens is 1. The maximum absolute atomic E-state index is 12.6. The van der Waals surface area contributed by atoms with E-state index in [1.165, 1.54) is 4.88 Å². The molecule has 1 aromatic rings. The fourth-order valence-electron chi connectivity index (χ4n) is 2.86. The highest BCUT2D eigenvalue weighted by atomic mass is 35.5. The van der Waals surface area contributed by atoms with Crippen LogP contribution in [-0.2, 0) is 9.53 Å². The van der Waals surface area contributed by atoms with Crippen LogP contribution in [0.15, 0.2) is 17.5 Å². The van der Waals surface area contributed by atoms with E-state index in [-0.39, 0.29) is 30.3 Å². The van der Waals surface area contributed by atoms with Crippen LogP contribution in [0.4, 0.5) is 0 Å². The van der Waals surface area contributed by atoms with Gasteiger partial charge < -0.3 is 15.4 Å². The van der Waals surface area contributed by atoms with Gasteiger partial charge in [-0.15, -0.1) is 23.7 Å². The lowest BCUT2D eigenvalue weighted by Crippen LogP contribution is -2.49. The average molecular weight is 376 g/mol. The van der Waals surface area contributed by atoms with E-state index in [2.05, 4.69) is 29.3 Å². The van der Waals surface area contributed by atoms with Gasteiger partial charge >= 0.3 is 0 Å². The van der Waals surface area contributed by atoms with Gasteiger partial charge in [0, 0.05) is 31.6 Å². The first kappa shape index (κ1) is 21.4.